The van der Waals surface area contributed by atoms with Crippen LogP contribution in [0.25, 0.3) is 5.69 Å². The number of aromatic nitrogens is 4. The molecule has 0 saturated carbocycles. The third-order valence-electron chi connectivity index (χ3n) is 3.79. The zero-order valence-corrected chi connectivity index (χ0v) is 14.2. The SMILES string of the molecule is O=C(Nc1cccc(Oc2ccccc2)c1)c1cccc(-n2cnnn2)c1. The van der Waals surface area contributed by atoms with Crippen molar-refractivity contribution in [2.24, 2.45) is 0 Å². The number of amides is 1. The van der Waals surface area contributed by atoms with Crippen LogP contribution in [0.15, 0.2) is 85.2 Å². The van der Waals surface area contributed by atoms with Gasteiger partial charge in [-0.2, -0.15) is 0 Å². The Morgan fingerprint density at radius 2 is 1.70 bits per heavy atom. The van der Waals surface area contributed by atoms with Gasteiger partial charge in [-0.25, -0.2) is 4.68 Å². The van der Waals surface area contributed by atoms with Crippen molar-refractivity contribution in [3.8, 4) is 17.2 Å². The molecule has 0 aliphatic rings. The van der Waals surface area contributed by atoms with Gasteiger partial charge in [0, 0.05) is 17.3 Å². The molecular formula is C20H15N5O2. The van der Waals surface area contributed by atoms with Gasteiger partial charge >= 0.3 is 0 Å². The van der Waals surface area contributed by atoms with Gasteiger partial charge in [0.15, 0.2) is 0 Å². The second kappa shape index (κ2) is 7.49. The Hall–Kier alpha value is -4.00. The van der Waals surface area contributed by atoms with Crippen LogP contribution in [0.4, 0.5) is 5.69 Å². The summed E-state index contributed by atoms with van der Waals surface area (Å²) in [5, 5.41) is 13.9. The lowest BCUT2D eigenvalue weighted by molar-refractivity contribution is 0.102. The van der Waals surface area contributed by atoms with Crippen molar-refractivity contribution in [2.45, 2.75) is 0 Å². The summed E-state index contributed by atoms with van der Waals surface area (Å²) >= 11 is 0. The molecule has 0 atom stereocenters. The molecule has 4 rings (SSSR count). The molecule has 1 heterocycles. The topological polar surface area (TPSA) is 81.9 Å². The Kier molecular flexibility index (Phi) is 4.57. The number of ether oxygens (including phenoxy) is 1. The van der Waals surface area contributed by atoms with Gasteiger partial charge in [-0.05, 0) is 52.9 Å². The summed E-state index contributed by atoms with van der Waals surface area (Å²) < 4.78 is 7.29. The van der Waals surface area contributed by atoms with Crippen LogP contribution in [-0.4, -0.2) is 26.1 Å². The van der Waals surface area contributed by atoms with Crippen molar-refractivity contribution in [2.75, 3.05) is 5.32 Å². The normalized spacial score (nSPS) is 10.4. The standard InChI is InChI=1S/C20H15N5O2/c26-20(15-6-4-8-17(12-15)25-14-21-23-24-25)22-16-7-5-11-19(13-16)27-18-9-2-1-3-10-18/h1-14H,(H,22,26). The molecule has 0 spiro atoms. The number of para-hydroxylation sites is 1. The van der Waals surface area contributed by atoms with E-state index in [1.165, 1.54) is 11.0 Å². The van der Waals surface area contributed by atoms with Gasteiger partial charge < -0.3 is 10.1 Å². The Morgan fingerprint density at radius 3 is 2.52 bits per heavy atom. The van der Waals surface area contributed by atoms with Gasteiger partial charge in [0.05, 0.1) is 5.69 Å². The van der Waals surface area contributed by atoms with E-state index in [-0.39, 0.29) is 5.91 Å². The van der Waals surface area contributed by atoms with Crippen molar-refractivity contribution in [1.82, 2.24) is 20.2 Å². The minimum Gasteiger partial charge on any atom is -0.457 e. The molecule has 0 fully saturated rings. The van der Waals surface area contributed by atoms with E-state index in [2.05, 4.69) is 20.8 Å². The van der Waals surface area contributed by atoms with E-state index in [1.807, 2.05) is 48.5 Å². The Balaban J connectivity index is 1.50. The van der Waals surface area contributed by atoms with Crippen molar-refractivity contribution < 1.29 is 9.53 Å². The lowest BCUT2D eigenvalue weighted by Gasteiger charge is -2.09. The average molecular weight is 357 g/mol. The number of carbonyl (C=O) groups excluding carboxylic acids is 1. The average Bonchev–Trinajstić information content (AvgIpc) is 3.24. The van der Waals surface area contributed by atoms with E-state index >= 15 is 0 Å². The molecular weight excluding hydrogens is 342 g/mol. The predicted octanol–water partition coefficient (Wildman–Crippen LogP) is 3.71. The fourth-order valence-electron chi connectivity index (χ4n) is 2.53. The van der Waals surface area contributed by atoms with Crippen LogP contribution in [0.5, 0.6) is 11.5 Å². The molecule has 0 aliphatic carbocycles. The number of hydrogen-bond donors (Lipinski definition) is 1. The zero-order valence-electron chi connectivity index (χ0n) is 14.2. The molecule has 0 unspecified atom stereocenters. The van der Waals surface area contributed by atoms with E-state index in [9.17, 15) is 4.79 Å². The summed E-state index contributed by atoms with van der Waals surface area (Å²) in [5.74, 6) is 1.14. The quantitative estimate of drug-likeness (QED) is 0.589. The summed E-state index contributed by atoms with van der Waals surface area (Å²) in [5.41, 5.74) is 1.84. The first-order valence-corrected chi connectivity index (χ1v) is 8.26. The highest BCUT2D eigenvalue weighted by molar-refractivity contribution is 6.04. The van der Waals surface area contributed by atoms with Crippen molar-refractivity contribution >= 4 is 11.6 Å². The zero-order chi connectivity index (χ0) is 18.5. The third kappa shape index (κ3) is 3.98. The molecule has 1 aromatic heterocycles. The van der Waals surface area contributed by atoms with E-state index < -0.39 is 0 Å². The van der Waals surface area contributed by atoms with Crippen LogP contribution in [0, 0.1) is 0 Å². The van der Waals surface area contributed by atoms with Crippen molar-refractivity contribution in [3.63, 3.8) is 0 Å². The molecule has 0 bridgehead atoms. The van der Waals surface area contributed by atoms with E-state index in [0.29, 0.717) is 22.7 Å². The van der Waals surface area contributed by atoms with E-state index in [1.54, 1.807) is 30.3 Å². The summed E-state index contributed by atoms with van der Waals surface area (Å²) in [6.45, 7) is 0. The van der Waals surface area contributed by atoms with Gasteiger partial charge in [0.1, 0.15) is 17.8 Å². The number of nitrogens with zero attached hydrogens (tertiary/aromatic N) is 4. The molecule has 0 aliphatic heterocycles. The molecule has 1 N–H and O–H groups in total. The largest absolute Gasteiger partial charge is 0.457 e. The summed E-state index contributed by atoms with van der Waals surface area (Å²) in [4.78, 5) is 12.6. The lowest BCUT2D eigenvalue weighted by atomic mass is 10.2. The first kappa shape index (κ1) is 16.5. The maximum absolute atomic E-state index is 12.6. The molecule has 1 amide bonds. The Bertz CT molecular complexity index is 1050. The minimum absolute atomic E-state index is 0.234. The lowest BCUT2D eigenvalue weighted by Crippen LogP contribution is -2.12. The third-order valence-corrected chi connectivity index (χ3v) is 3.79. The number of tetrazole rings is 1. The summed E-state index contributed by atoms with van der Waals surface area (Å²) in [7, 11) is 0. The smallest absolute Gasteiger partial charge is 0.255 e. The van der Waals surface area contributed by atoms with Gasteiger partial charge in [0.2, 0.25) is 0 Å². The first-order valence-electron chi connectivity index (χ1n) is 8.26. The number of nitrogens with one attached hydrogen (secondary N) is 1. The first-order chi connectivity index (χ1) is 13.3. The second-order valence-corrected chi connectivity index (χ2v) is 5.70. The van der Waals surface area contributed by atoms with E-state index in [0.717, 1.165) is 5.75 Å². The van der Waals surface area contributed by atoms with Crippen LogP contribution in [0.3, 0.4) is 0 Å². The number of carbonyl (C=O) groups is 1. The molecule has 0 saturated heterocycles. The molecule has 0 radical (unpaired) electrons. The van der Waals surface area contributed by atoms with Gasteiger partial charge in [-0.3, -0.25) is 4.79 Å². The van der Waals surface area contributed by atoms with Crippen LogP contribution in [-0.2, 0) is 0 Å². The highest BCUT2D eigenvalue weighted by Gasteiger charge is 2.09. The van der Waals surface area contributed by atoms with Crippen LogP contribution in [0.2, 0.25) is 0 Å². The van der Waals surface area contributed by atoms with Gasteiger partial charge in [-0.1, -0.05) is 30.3 Å². The molecule has 7 heteroatoms. The summed E-state index contributed by atoms with van der Waals surface area (Å²) in [6.07, 6.45) is 1.47. The Morgan fingerprint density at radius 1 is 0.889 bits per heavy atom. The maximum Gasteiger partial charge on any atom is 0.255 e. The fourth-order valence-corrected chi connectivity index (χ4v) is 2.53. The number of anilines is 1. The monoisotopic (exact) mass is 357 g/mol. The second-order valence-electron chi connectivity index (χ2n) is 5.70. The molecule has 27 heavy (non-hydrogen) atoms. The fraction of sp³-hybridized carbons (Fsp3) is 0. The maximum atomic E-state index is 12.6. The number of rotatable bonds is 5. The molecule has 3 aromatic carbocycles. The van der Waals surface area contributed by atoms with Gasteiger partial charge in [-0.15, -0.1) is 5.10 Å². The van der Waals surface area contributed by atoms with Crippen molar-refractivity contribution in [3.05, 3.63) is 90.8 Å². The van der Waals surface area contributed by atoms with Crippen molar-refractivity contribution in [1.29, 1.82) is 0 Å². The highest BCUT2D eigenvalue weighted by Crippen LogP contribution is 2.24. The van der Waals surface area contributed by atoms with Crippen LogP contribution in [0.1, 0.15) is 10.4 Å². The highest BCUT2D eigenvalue weighted by atomic mass is 16.5. The molecule has 4 aromatic rings. The van der Waals surface area contributed by atoms with Gasteiger partial charge in [0.25, 0.3) is 5.91 Å². The number of benzene rings is 3. The van der Waals surface area contributed by atoms with Crippen LogP contribution >= 0.6 is 0 Å². The Labute approximate surface area is 155 Å². The summed E-state index contributed by atoms with van der Waals surface area (Å²) in [6, 6.07) is 23.8. The van der Waals surface area contributed by atoms with E-state index in [4.69, 9.17) is 4.74 Å². The minimum atomic E-state index is -0.234. The van der Waals surface area contributed by atoms with Crippen LogP contribution < -0.4 is 10.1 Å². The predicted molar refractivity (Wildman–Crippen MR) is 100 cm³/mol. The number of hydrogen-bond acceptors (Lipinski definition) is 5. The molecule has 7 nitrogen and oxygen atoms in total. The molecule has 132 valence electrons.